The predicted octanol–water partition coefficient (Wildman–Crippen LogP) is 5.37. The van der Waals surface area contributed by atoms with Crippen LogP contribution in [0.5, 0.6) is 0 Å². The van der Waals surface area contributed by atoms with Gasteiger partial charge in [-0.15, -0.1) is 0 Å². The quantitative estimate of drug-likeness (QED) is 0.298. The van der Waals surface area contributed by atoms with Crippen LogP contribution in [0.25, 0.3) is 10.9 Å². The van der Waals surface area contributed by atoms with Crippen LogP contribution >= 0.6 is 11.6 Å². The highest BCUT2D eigenvalue weighted by atomic mass is 35.5. The third-order valence-corrected chi connectivity index (χ3v) is 6.01. The fraction of sp³-hybridized carbons (Fsp3) is 0.148. The Morgan fingerprint density at radius 3 is 2.44 bits per heavy atom. The Morgan fingerprint density at radius 1 is 1.03 bits per heavy atom. The van der Waals surface area contributed by atoms with E-state index in [0.717, 1.165) is 5.56 Å². The average Bonchev–Trinajstić information content (AvgIpc) is 2.87. The minimum atomic E-state index is -1.09. The van der Waals surface area contributed by atoms with Crippen LogP contribution in [-0.4, -0.2) is 28.6 Å². The number of nitrogens with one attached hydrogen (secondary N) is 2. The largest absolute Gasteiger partial charge is 0.465 e. The molecule has 0 spiro atoms. The first-order valence-electron chi connectivity index (χ1n) is 11.3. The number of rotatable bonds is 8. The van der Waals surface area contributed by atoms with Crippen LogP contribution in [-0.2, 0) is 13.0 Å². The Morgan fingerprint density at radius 2 is 1.75 bits per heavy atom. The molecule has 184 valence electrons. The van der Waals surface area contributed by atoms with Crippen LogP contribution in [0.2, 0.25) is 5.02 Å². The third-order valence-electron chi connectivity index (χ3n) is 5.76. The zero-order valence-electron chi connectivity index (χ0n) is 19.1. The van der Waals surface area contributed by atoms with E-state index in [4.69, 9.17) is 11.6 Å². The molecular weight excluding hydrogens is 485 g/mol. The summed E-state index contributed by atoms with van der Waals surface area (Å²) in [5, 5.41) is 12.9. The van der Waals surface area contributed by atoms with E-state index in [1.165, 1.54) is 17.2 Å². The molecule has 0 unspecified atom stereocenters. The van der Waals surface area contributed by atoms with Crippen molar-refractivity contribution in [3.63, 3.8) is 0 Å². The second-order valence-electron chi connectivity index (χ2n) is 8.21. The average molecular weight is 508 g/mol. The maximum absolute atomic E-state index is 14.8. The molecule has 36 heavy (non-hydrogen) atoms. The molecule has 4 rings (SSSR count). The van der Waals surface area contributed by atoms with Gasteiger partial charge in [0.15, 0.2) is 0 Å². The number of amides is 2. The minimum Gasteiger partial charge on any atom is -0.465 e. The van der Waals surface area contributed by atoms with Gasteiger partial charge in [0, 0.05) is 35.4 Å². The van der Waals surface area contributed by atoms with Crippen molar-refractivity contribution < 1.29 is 19.1 Å². The summed E-state index contributed by atoms with van der Waals surface area (Å²) in [6.07, 6.45) is 0.868. The molecule has 2 amide bonds. The molecule has 0 atom stereocenters. The highest BCUT2D eigenvalue weighted by molar-refractivity contribution is 6.30. The summed E-state index contributed by atoms with van der Waals surface area (Å²) in [6.45, 7) is 0.395. The molecule has 0 saturated heterocycles. The third kappa shape index (κ3) is 5.72. The van der Waals surface area contributed by atoms with E-state index < -0.39 is 23.2 Å². The number of H-pyrrole nitrogens is 1. The summed E-state index contributed by atoms with van der Waals surface area (Å²) in [7, 11) is 0. The number of pyridine rings is 1. The summed E-state index contributed by atoms with van der Waals surface area (Å²) < 4.78 is 14.8. The van der Waals surface area contributed by atoms with Gasteiger partial charge < -0.3 is 15.4 Å². The smallest absolute Gasteiger partial charge is 0.411 e. The van der Waals surface area contributed by atoms with E-state index in [2.05, 4.69) is 10.3 Å². The lowest BCUT2D eigenvalue weighted by atomic mass is 10.0. The molecule has 0 aliphatic heterocycles. The number of carbonyl (C=O) groups excluding carboxylic acids is 1. The fourth-order valence-electron chi connectivity index (χ4n) is 3.92. The molecule has 9 heteroatoms. The van der Waals surface area contributed by atoms with Crippen LogP contribution in [0.3, 0.4) is 0 Å². The number of halogens is 2. The van der Waals surface area contributed by atoms with E-state index in [1.54, 1.807) is 60.7 Å². The van der Waals surface area contributed by atoms with Crippen LogP contribution in [0.4, 0.5) is 14.9 Å². The van der Waals surface area contributed by atoms with Gasteiger partial charge in [-0.05, 0) is 60.4 Å². The summed E-state index contributed by atoms with van der Waals surface area (Å²) >= 11 is 5.87. The van der Waals surface area contributed by atoms with E-state index >= 15 is 0 Å². The summed E-state index contributed by atoms with van der Waals surface area (Å²) in [6, 6.07) is 18.5. The van der Waals surface area contributed by atoms with Crippen molar-refractivity contribution in [1.82, 2.24) is 10.3 Å². The Balaban J connectivity index is 1.50. The van der Waals surface area contributed by atoms with Crippen molar-refractivity contribution in [2.24, 2.45) is 0 Å². The molecule has 1 aromatic heterocycles. The number of para-hydroxylation sites is 1. The Labute approximate surface area is 211 Å². The first kappa shape index (κ1) is 24.9. The number of anilines is 1. The Bertz CT molecular complexity index is 1460. The molecule has 0 fully saturated rings. The normalized spacial score (nSPS) is 10.8. The number of nitrogens with zero attached hydrogens (tertiary/aromatic N) is 1. The number of hydrogen-bond donors (Lipinski definition) is 3. The van der Waals surface area contributed by atoms with Gasteiger partial charge in [-0.3, -0.25) is 14.5 Å². The van der Waals surface area contributed by atoms with Gasteiger partial charge >= 0.3 is 6.09 Å². The van der Waals surface area contributed by atoms with Crippen molar-refractivity contribution in [3.05, 3.63) is 111 Å². The predicted molar refractivity (Wildman–Crippen MR) is 137 cm³/mol. The Kier molecular flexibility index (Phi) is 7.65. The van der Waals surface area contributed by atoms with Crippen molar-refractivity contribution in [2.45, 2.75) is 19.4 Å². The number of carbonyl (C=O) groups is 2. The number of aromatic nitrogens is 1. The van der Waals surface area contributed by atoms with E-state index in [1.807, 2.05) is 0 Å². The SMILES string of the molecule is O=C(NCc1ccc(Cl)cc1)c1c[nH]c2c(F)cc(CCCN(C(=O)O)c3ccccc3)cc2c1=O. The second kappa shape index (κ2) is 11.0. The van der Waals surface area contributed by atoms with E-state index in [-0.39, 0.29) is 29.6 Å². The number of carboxylic acid groups (broad SMARTS) is 1. The molecule has 3 N–H and O–H groups in total. The molecule has 0 saturated carbocycles. The van der Waals surface area contributed by atoms with Crippen molar-refractivity contribution in [2.75, 3.05) is 11.4 Å². The van der Waals surface area contributed by atoms with Gasteiger partial charge in [-0.1, -0.05) is 41.9 Å². The number of aryl methyl sites for hydroxylation is 1. The highest BCUT2D eigenvalue weighted by Crippen LogP contribution is 2.19. The fourth-order valence-corrected chi connectivity index (χ4v) is 4.05. The molecule has 7 nitrogen and oxygen atoms in total. The molecule has 0 aliphatic carbocycles. The van der Waals surface area contributed by atoms with Crippen LogP contribution in [0.1, 0.15) is 27.9 Å². The van der Waals surface area contributed by atoms with Crippen LogP contribution in [0.15, 0.2) is 77.7 Å². The monoisotopic (exact) mass is 507 g/mol. The second-order valence-corrected chi connectivity index (χ2v) is 8.65. The van der Waals surface area contributed by atoms with E-state index in [9.17, 15) is 23.9 Å². The van der Waals surface area contributed by atoms with Gasteiger partial charge in [-0.25, -0.2) is 9.18 Å². The van der Waals surface area contributed by atoms with Crippen molar-refractivity contribution in [3.8, 4) is 0 Å². The summed E-state index contributed by atoms with van der Waals surface area (Å²) in [5.41, 5.74) is 1.17. The molecule has 4 aromatic rings. The van der Waals surface area contributed by atoms with Gasteiger partial charge in [0.05, 0.1) is 5.52 Å². The molecule has 3 aromatic carbocycles. The summed E-state index contributed by atoms with van der Waals surface area (Å²) in [5.74, 6) is -1.20. The van der Waals surface area contributed by atoms with Crippen molar-refractivity contribution in [1.29, 1.82) is 0 Å². The number of benzene rings is 3. The number of fused-ring (bicyclic) bond motifs is 1. The molecule has 0 aliphatic rings. The van der Waals surface area contributed by atoms with Gasteiger partial charge in [0.2, 0.25) is 5.43 Å². The van der Waals surface area contributed by atoms with Gasteiger partial charge in [0.25, 0.3) is 5.91 Å². The lowest BCUT2D eigenvalue weighted by Gasteiger charge is -2.19. The molecule has 1 heterocycles. The van der Waals surface area contributed by atoms with Gasteiger partial charge in [-0.2, -0.15) is 0 Å². The molecule has 0 bridgehead atoms. The molecule has 0 radical (unpaired) electrons. The van der Waals surface area contributed by atoms with Crippen LogP contribution in [0, 0.1) is 5.82 Å². The van der Waals surface area contributed by atoms with Crippen LogP contribution < -0.4 is 15.6 Å². The lowest BCUT2D eigenvalue weighted by Crippen LogP contribution is -2.30. The highest BCUT2D eigenvalue weighted by Gasteiger charge is 2.17. The number of aromatic amines is 1. The maximum atomic E-state index is 14.8. The van der Waals surface area contributed by atoms with Gasteiger partial charge in [0.1, 0.15) is 11.4 Å². The first-order chi connectivity index (χ1) is 17.3. The summed E-state index contributed by atoms with van der Waals surface area (Å²) in [4.78, 5) is 41.3. The number of hydrogen-bond acceptors (Lipinski definition) is 3. The first-order valence-corrected chi connectivity index (χ1v) is 11.6. The Hall–Kier alpha value is -4.17. The maximum Gasteiger partial charge on any atom is 0.411 e. The topological polar surface area (TPSA) is 102 Å². The van der Waals surface area contributed by atoms with Crippen molar-refractivity contribution >= 4 is 40.2 Å². The van der Waals surface area contributed by atoms with E-state index in [0.29, 0.717) is 29.1 Å². The zero-order valence-corrected chi connectivity index (χ0v) is 19.9. The molecular formula is C27H23ClFN3O4. The minimum absolute atomic E-state index is 0.00875. The zero-order chi connectivity index (χ0) is 25.7. The lowest BCUT2D eigenvalue weighted by molar-refractivity contribution is 0.0949. The standard InChI is InChI=1S/C27H23ClFN3O4/c28-19-10-8-17(9-11-19)15-31-26(34)22-16-30-24-21(25(22)33)13-18(14-23(24)29)5-4-12-32(27(35)36)20-6-2-1-3-7-20/h1-3,6-11,13-14,16H,4-5,12,15H2,(H,30,33)(H,31,34)(H,35,36).